The Labute approximate surface area is 119 Å². The highest BCUT2D eigenvalue weighted by atomic mass is 16.5. The van der Waals surface area contributed by atoms with Crippen molar-refractivity contribution in [3.8, 4) is 0 Å². The zero-order valence-electron chi connectivity index (χ0n) is 11.2. The molecule has 110 valence electrons. The standard InChI is InChI=1S/C14H15N3O4/c18-11-5-6-21-7-10(11)15-14(20)12-8-3-1-2-4-9(8)13(19)17-16-12/h1-4,10-11,18H,5-7H2,(H,15,20)(H,17,19)/t10-,11-/m1/s1. The van der Waals surface area contributed by atoms with E-state index >= 15 is 0 Å². The van der Waals surface area contributed by atoms with Gasteiger partial charge in [-0.2, -0.15) is 5.10 Å². The summed E-state index contributed by atoms with van der Waals surface area (Å²) in [5.74, 6) is -0.447. The molecular formula is C14H15N3O4. The van der Waals surface area contributed by atoms with Gasteiger partial charge in [0.2, 0.25) is 0 Å². The molecule has 0 bridgehead atoms. The summed E-state index contributed by atoms with van der Waals surface area (Å²) >= 11 is 0. The van der Waals surface area contributed by atoms with Crippen molar-refractivity contribution in [2.75, 3.05) is 13.2 Å². The smallest absolute Gasteiger partial charge is 0.272 e. The maximum Gasteiger partial charge on any atom is 0.272 e. The Balaban J connectivity index is 1.91. The number of ether oxygens (including phenoxy) is 1. The molecule has 0 saturated carbocycles. The topological polar surface area (TPSA) is 104 Å². The van der Waals surface area contributed by atoms with Crippen molar-refractivity contribution >= 4 is 16.7 Å². The first-order chi connectivity index (χ1) is 10.2. The third-order valence-corrected chi connectivity index (χ3v) is 3.55. The van der Waals surface area contributed by atoms with Gasteiger partial charge in [-0.1, -0.05) is 18.2 Å². The van der Waals surface area contributed by atoms with Crippen LogP contribution < -0.4 is 10.9 Å². The van der Waals surface area contributed by atoms with Gasteiger partial charge in [-0.05, 0) is 12.5 Å². The first-order valence-electron chi connectivity index (χ1n) is 6.71. The molecule has 1 aromatic carbocycles. The summed E-state index contributed by atoms with van der Waals surface area (Å²) in [6.45, 7) is 0.738. The normalized spacial score (nSPS) is 22.1. The van der Waals surface area contributed by atoms with E-state index in [4.69, 9.17) is 4.74 Å². The summed E-state index contributed by atoms with van der Waals surface area (Å²) in [5, 5.41) is 19.6. The number of aromatic amines is 1. The van der Waals surface area contributed by atoms with Crippen molar-refractivity contribution in [3.63, 3.8) is 0 Å². The number of amides is 1. The maximum absolute atomic E-state index is 12.3. The number of carbonyl (C=O) groups excluding carboxylic acids is 1. The molecule has 21 heavy (non-hydrogen) atoms. The number of nitrogens with one attached hydrogen (secondary N) is 2. The molecule has 1 saturated heterocycles. The number of aliphatic hydroxyl groups is 1. The Morgan fingerprint density at radius 2 is 2.14 bits per heavy atom. The molecule has 7 heteroatoms. The number of H-pyrrole nitrogens is 1. The summed E-state index contributed by atoms with van der Waals surface area (Å²) in [4.78, 5) is 24.0. The van der Waals surface area contributed by atoms with Crippen LogP contribution >= 0.6 is 0 Å². The number of nitrogens with zero attached hydrogens (tertiary/aromatic N) is 1. The van der Waals surface area contributed by atoms with Gasteiger partial charge in [-0.15, -0.1) is 0 Å². The summed E-state index contributed by atoms with van der Waals surface area (Å²) in [6.07, 6.45) is -0.165. The minimum atomic E-state index is -0.642. The third-order valence-electron chi connectivity index (χ3n) is 3.55. The van der Waals surface area contributed by atoms with E-state index in [0.717, 1.165) is 0 Å². The van der Waals surface area contributed by atoms with Gasteiger partial charge >= 0.3 is 0 Å². The number of fused-ring (bicyclic) bond motifs is 1. The van der Waals surface area contributed by atoms with Crippen LogP contribution in [0.3, 0.4) is 0 Å². The SMILES string of the molecule is O=C(N[C@@H]1COCC[C@H]1O)c1n[nH]c(=O)c2ccccc12. The lowest BCUT2D eigenvalue weighted by Crippen LogP contribution is -2.49. The van der Waals surface area contributed by atoms with Crippen LogP contribution in [0.4, 0.5) is 0 Å². The van der Waals surface area contributed by atoms with E-state index in [0.29, 0.717) is 23.8 Å². The van der Waals surface area contributed by atoms with E-state index in [2.05, 4.69) is 15.5 Å². The number of hydrogen-bond acceptors (Lipinski definition) is 5. The molecule has 0 unspecified atom stereocenters. The number of rotatable bonds is 2. The summed E-state index contributed by atoms with van der Waals surface area (Å²) in [5.41, 5.74) is -0.217. The Kier molecular flexibility index (Phi) is 3.68. The third kappa shape index (κ3) is 2.65. The van der Waals surface area contributed by atoms with Gasteiger partial charge in [0.1, 0.15) is 0 Å². The van der Waals surface area contributed by atoms with E-state index in [-0.39, 0.29) is 17.9 Å². The quantitative estimate of drug-likeness (QED) is 0.710. The van der Waals surface area contributed by atoms with Crippen molar-refractivity contribution < 1.29 is 14.6 Å². The van der Waals surface area contributed by atoms with E-state index in [1.807, 2.05) is 0 Å². The van der Waals surface area contributed by atoms with E-state index in [1.54, 1.807) is 24.3 Å². The summed E-state index contributed by atoms with van der Waals surface area (Å²) in [7, 11) is 0. The fourth-order valence-electron chi connectivity index (χ4n) is 2.39. The van der Waals surface area contributed by atoms with Gasteiger partial charge in [-0.25, -0.2) is 5.10 Å². The number of benzene rings is 1. The van der Waals surface area contributed by atoms with Crippen LogP contribution in [0.2, 0.25) is 0 Å². The molecule has 7 nitrogen and oxygen atoms in total. The highest BCUT2D eigenvalue weighted by Crippen LogP contribution is 2.13. The van der Waals surface area contributed by atoms with Crippen LogP contribution in [0.1, 0.15) is 16.9 Å². The van der Waals surface area contributed by atoms with Gasteiger partial charge in [0.15, 0.2) is 5.69 Å². The van der Waals surface area contributed by atoms with Crippen molar-refractivity contribution in [1.29, 1.82) is 0 Å². The second kappa shape index (κ2) is 5.63. The van der Waals surface area contributed by atoms with Crippen LogP contribution in [-0.4, -0.2) is 46.6 Å². The van der Waals surface area contributed by atoms with Crippen LogP contribution in [0.15, 0.2) is 29.1 Å². The fourth-order valence-corrected chi connectivity index (χ4v) is 2.39. The minimum Gasteiger partial charge on any atom is -0.391 e. The molecule has 1 aromatic heterocycles. The van der Waals surface area contributed by atoms with Crippen LogP contribution in [0.5, 0.6) is 0 Å². The van der Waals surface area contributed by atoms with Crippen molar-refractivity contribution in [2.24, 2.45) is 0 Å². The minimum absolute atomic E-state index is 0.128. The number of aromatic nitrogens is 2. The zero-order valence-corrected chi connectivity index (χ0v) is 11.2. The van der Waals surface area contributed by atoms with E-state index in [9.17, 15) is 14.7 Å². The Morgan fingerprint density at radius 3 is 2.90 bits per heavy atom. The second-order valence-electron chi connectivity index (χ2n) is 4.96. The predicted molar refractivity (Wildman–Crippen MR) is 75.1 cm³/mol. The number of hydrogen-bond donors (Lipinski definition) is 3. The van der Waals surface area contributed by atoms with Crippen LogP contribution in [0.25, 0.3) is 10.8 Å². The molecule has 2 atom stereocenters. The van der Waals surface area contributed by atoms with Crippen molar-refractivity contribution in [3.05, 3.63) is 40.3 Å². The highest BCUT2D eigenvalue weighted by Gasteiger charge is 2.26. The van der Waals surface area contributed by atoms with Crippen LogP contribution in [-0.2, 0) is 4.74 Å². The van der Waals surface area contributed by atoms with Gasteiger partial charge in [0, 0.05) is 12.0 Å². The molecule has 2 heterocycles. The van der Waals surface area contributed by atoms with Gasteiger partial charge in [-0.3, -0.25) is 9.59 Å². The number of carbonyl (C=O) groups is 1. The predicted octanol–water partition coefficient (Wildman–Crippen LogP) is -0.197. The lowest BCUT2D eigenvalue weighted by molar-refractivity contribution is -0.0140. The molecule has 1 aliphatic heterocycles. The largest absolute Gasteiger partial charge is 0.391 e. The van der Waals surface area contributed by atoms with Gasteiger partial charge in [0.05, 0.1) is 24.1 Å². The lowest BCUT2D eigenvalue weighted by atomic mass is 10.1. The van der Waals surface area contributed by atoms with E-state index in [1.165, 1.54) is 0 Å². The van der Waals surface area contributed by atoms with Gasteiger partial charge in [0.25, 0.3) is 11.5 Å². The fraction of sp³-hybridized carbons (Fsp3) is 0.357. The molecular weight excluding hydrogens is 274 g/mol. The zero-order chi connectivity index (χ0) is 14.8. The molecule has 2 aromatic rings. The monoisotopic (exact) mass is 289 g/mol. The number of aliphatic hydroxyl groups excluding tert-OH is 1. The summed E-state index contributed by atoms with van der Waals surface area (Å²) in [6, 6.07) is 6.28. The Hall–Kier alpha value is -2.25. The van der Waals surface area contributed by atoms with Gasteiger partial charge < -0.3 is 15.2 Å². The molecule has 0 aliphatic carbocycles. The Morgan fingerprint density at radius 1 is 1.38 bits per heavy atom. The summed E-state index contributed by atoms with van der Waals surface area (Å²) < 4.78 is 5.24. The average Bonchev–Trinajstić information content (AvgIpc) is 2.50. The molecule has 1 amide bonds. The molecule has 0 spiro atoms. The van der Waals surface area contributed by atoms with Crippen molar-refractivity contribution in [2.45, 2.75) is 18.6 Å². The average molecular weight is 289 g/mol. The highest BCUT2D eigenvalue weighted by molar-refractivity contribution is 6.04. The second-order valence-corrected chi connectivity index (χ2v) is 4.96. The lowest BCUT2D eigenvalue weighted by Gasteiger charge is -2.28. The molecule has 1 aliphatic rings. The molecule has 3 N–H and O–H groups in total. The van der Waals surface area contributed by atoms with E-state index < -0.39 is 18.1 Å². The maximum atomic E-state index is 12.3. The molecule has 0 radical (unpaired) electrons. The first-order valence-corrected chi connectivity index (χ1v) is 6.71. The van der Waals surface area contributed by atoms with Crippen LogP contribution in [0, 0.1) is 0 Å². The molecule has 1 fully saturated rings. The Bertz CT molecular complexity index is 727. The van der Waals surface area contributed by atoms with Crippen molar-refractivity contribution in [1.82, 2.24) is 15.5 Å². The molecule has 3 rings (SSSR count). The first kappa shape index (κ1) is 13.7.